The Hall–Kier alpha value is -0.260. The number of allylic oxidation sites excluding steroid dienone is 2. The molecule has 0 nitrogen and oxygen atoms in total. The molecule has 0 aromatic carbocycles. The monoisotopic (exact) mass is 396 g/mol. The minimum Gasteiger partial charge on any atom is -0.0841 e. The van der Waals surface area contributed by atoms with E-state index >= 15 is 0 Å². The fourth-order valence-corrected chi connectivity index (χ4v) is 10.5. The van der Waals surface area contributed by atoms with Gasteiger partial charge in [0.25, 0.3) is 0 Å². The van der Waals surface area contributed by atoms with E-state index in [1.807, 2.05) is 5.57 Å². The zero-order chi connectivity index (χ0) is 20.8. The third kappa shape index (κ3) is 2.50. The minimum absolute atomic E-state index is 0.445. The van der Waals surface area contributed by atoms with Gasteiger partial charge in [-0.3, -0.25) is 0 Å². The zero-order valence-electron chi connectivity index (χ0n) is 20.6. The van der Waals surface area contributed by atoms with Crippen LogP contribution >= 0.6 is 0 Å². The van der Waals surface area contributed by atoms with Gasteiger partial charge in [0.15, 0.2) is 0 Å². The van der Waals surface area contributed by atoms with Crippen molar-refractivity contribution in [3.63, 3.8) is 0 Å². The second kappa shape index (κ2) is 6.38. The van der Waals surface area contributed by atoms with E-state index < -0.39 is 0 Å². The molecule has 0 unspecified atom stereocenters. The van der Waals surface area contributed by atoms with Gasteiger partial charge in [0, 0.05) is 0 Å². The summed E-state index contributed by atoms with van der Waals surface area (Å²) >= 11 is 0. The van der Waals surface area contributed by atoms with Gasteiger partial charge in [-0.2, -0.15) is 0 Å². The average molecular weight is 397 g/mol. The van der Waals surface area contributed by atoms with Crippen LogP contribution in [0.5, 0.6) is 0 Å². The van der Waals surface area contributed by atoms with Gasteiger partial charge >= 0.3 is 0 Å². The van der Waals surface area contributed by atoms with Crippen LogP contribution in [0, 0.1) is 57.2 Å². The molecule has 4 fully saturated rings. The molecule has 5 aliphatic rings. The molecular weight excluding hydrogens is 348 g/mol. The molecule has 0 amide bonds. The van der Waals surface area contributed by atoms with E-state index in [4.69, 9.17) is 0 Å². The van der Waals surface area contributed by atoms with E-state index in [9.17, 15) is 0 Å². The zero-order valence-corrected chi connectivity index (χ0v) is 20.6. The summed E-state index contributed by atoms with van der Waals surface area (Å²) in [4.78, 5) is 0. The molecule has 0 heterocycles. The van der Waals surface area contributed by atoms with Crippen LogP contribution in [0.1, 0.15) is 113 Å². The molecule has 10 atom stereocenters. The Kier molecular flexibility index (Phi) is 4.54. The first-order valence-electron chi connectivity index (χ1n) is 13.3. The molecule has 0 aromatic heterocycles. The SMILES string of the molecule is C[C@H]1[C@H](C)CC[C@]2(C)CC[C@]3(C)C(=CC[C@H]4[C@@]5(C)CCC[C@@H](C)[C@H]5CC[C@]43C)[C@H]12. The van der Waals surface area contributed by atoms with Crippen molar-refractivity contribution in [3.05, 3.63) is 11.6 Å². The molecule has 5 rings (SSSR count). The van der Waals surface area contributed by atoms with Gasteiger partial charge in [-0.1, -0.05) is 73.0 Å². The number of hydrogen-bond donors (Lipinski definition) is 0. The maximum atomic E-state index is 2.86. The van der Waals surface area contributed by atoms with Crippen molar-refractivity contribution >= 4 is 0 Å². The van der Waals surface area contributed by atoms with Crippen LogP contribution in [0.15, 0.2) is 11.6 Å². The molecule has 0 heteroatoms. The minimum atomic E-state index is 0.445. The van der Waals surface area contributed by atoms with E-state index in [-0.39, 0.29) is 0 Å². The second-order valence-electron chi connectivity index (χ2n) is 13.7. The lowest BCUT2D eigenvalue weighted by Crippen LogP contribution is -2.62. The summed E-state index contributed by atoms with van der Waals surface area (Å²) in [5, 5.41) is 0. The highest BCUT2D eigenvalue weighted by Crippen LogP contribution is 2.74. The lowest BCUT2D eigenvalue weighted by atomic mass is 9.34. The van der Waals surface area contributed by atoms with Crippen LogP contribution in [0.25, 0.3) is 0 Å². The summed E-state index contributed by atoms with van der Waals surface area (Å²) in [7, 11) is 0. The molecule has 0 aromatic rings. The van der Waals surface area contributed by atoms with Crippen LogP contribution in [0.4, 0.5) is 0 Å². The third-order valence-electron chi connectivity index (χ3n) is 12.8. The summed E-state index contributed by atoms with van der Waals surface area (Å²) < 4.78 is 0. The summed E-state index contributed by atoms with van der Waals surface area (Å²) in [5.41, 5.74) is 4.05. The van der Waals surface area contributed by atoms with Crippen LogP contribution in [0.3, 0.4) is 0 Å². The van der Waals surface area contributed by atoms with E-state index in [1.165, 1.54) is 64.2 Å². The number of hydrogen-bond acceptors (Lipinski definition) is 0. The number of rotatable bonds is 0. The summed E-state index contributed by atoms with van der Waals surface area (Å²) in [6.07, 6.45) is 17.5. The van der Waals surface area contributed by atoms with Gasteiger partial charge in [-0.25, -0.2) is 0 Å². The van der Waals surface area contributed by atoms with Crippen LogP contribution in [-0.4, -0.2) is 0 Å². The van der Waals surface area contributed by atoms with Gasteiger partial charge in [-0.05, 0) is 109 Å². The summed E-state index contributed by atoms with van der Waals surface area (Å²) in [6, 6.07) is 0. The highest BCUT2D eigenvalue weighted by atomic mass is 14.7. The van der Waals surface area contributed by atoms with Crippen molar-refractivity contribution in [1.29, 1.82) is 0 Å². The molecule has 164 valence electrons. The quantitative estimate of drug-likeness (QED) is 0.359. The largest absolute Gasteiger partial charge is 0.0841 e. The summed E-state index contributed by atoms with van der Waals surface area (Å²) in [6.45, 7) is 18.6. The molecule has 0 radical (unpaired) electrons. The smallest absolute Gasteiger partial charge is 0.00564 e. The first-order valence-corrected chi connectivity index (χ1v) is 13.3. The van der Waals surface area contributed by atoms with Gasteiger partial charge in [0.2, 0.25) is 0 Å². The Labute approximate surface area is 181 Å². The Balaban J connectivity index is 1.59. The van der Waals surface area contributed by atoms with Crippen molar-refractivity contribution in [2.24, 2.45) is 57.2 Å². The topological polar surface area (TPSA) is 0 Å². The Bertz CT molecular complexity index is 703. The molecule has 29 heavy (non-hydrogen) atoms. The maximum absolute atomic E-state index is 2.86. The molecule has 0 N–H and O–H groups in total. The van der Waals surface area contributed by atoms with Gasteiger partial charge in [0.1, 0.15) is 0 Å². The Morgan fingerprint density at radius 2 is 1.55 bits per heavy atom. The first-order chi connectivity index (χ1) is 13.6. The lowest BCUT2D eigenvalue weighted by molar-refractivity contribution is -0.166. The normalized spacial score (nSPS) is 59.6. The predicted octanol–water partition coefficient (Wildman–Crippen LogP) is 8.66. The average Bonchev–Trinajstić information content (AvgIpc) is 2.66. The lowest BCUT2D eigenvalue weighted by Gasteiger charge is -2.70. The molecule has 5 aliphatic carbocycles. The third-order valence-corrected chi connectivity index (χ3v) is 12.8. The molecule has 0 saturated heterocycles. The van der Waals surface area contributed by atoms with E-state index in [0.29, 0.717) is 21.7 Å². The molecule has 0 spiro atoms. The molecule has 0 bridgehead atoms. The highest BCUT2D eigenvalue weighted by molar-refractivity contribution is 5.33. The molecule has 4 saturated carbocycles. The Morgan fingerprint density at radius 1 is 0.793 bits per heavy atom. The van der Waals surface area contributed by atoms with Gasteiger partial charge < -0.3 is 0 Å². The predicted molar refractivity (Wildman–Crippen MR) is 125 cm³/mol. The van der Waals surface area contributed by atoms with Crippen LogP contribution < -0.4 is 0 Å². The van der Waals surface area contributed by atoms with Crippen LogP contribution in [-0.2, 0) is 0 Å². The standard InChI is InChI=1S/C29H48/c1-19-12-15-26(4)17-18-28(6)23(25(26)21(19)3)10-11-24-27(5)14-8-9-20(2)22(27)13-16-29(24,28)7/h10,19-22,24-25H,8-9,11-18H2,1-7H3/t19-,20-,21+,22-,24+,25+,26-,27+,28-,29-/m1/s1. The number of fused-ring (bicyclic) bond motifs is 7. The summed E-state index contributed by atoms with van der Waals surface area (Å²) in [5.74, 6) is 5.45. The van der Waals surface area contributed by atoms with Crippen molar-refractivity contribution in [1.82, 2.24) is 0 Å². The fraction of sp³-hybridized carbons (Fsp3) is 0.931. The maximum Gasteiger partial charge on any atom is -0.00564 e. The van der Waals surface area contributed by atoms with E-state index in [0.717, 1.165) is 35.5 Å². The van der Waals surface area contributed by atoms with Crippen molar-refractivity contribution in [2.45, 2.75) is 113 Å². The molecular formula is C29H48. The van der Waals surface area contributed by atoms with Crippen molar-refractivity contribution in [2.75, 3.05) is 0 Å². The van der Waals surface area contributed by atoms with Crippen molar-refractivity contribution in [3.8, 4) is 0 Å². The van der Waals surface area contributed by atoms with Crippen LogP contribution in [0.2, 0.25) is 0 Å². The van der Waals surface area contributed by atoms with Crippen molar-refractivity contribution < 1.29 is 0 Å². The Morgan fingerprint density at radius 3 is 2.31 bits per heavy atom. The van der Waals surface area contributed by atoms with Gasteiger partial charge in [-0.15, -0.1) is 0 Å². The van der Waals surface area contributed by atoms with E-state index in [1.54, 1.807) is 0 Å². The first kappa shape index (κ1) is 20.6. The fourth-order valence-electron chi connectivity index (χ4n) is 10.5. The van der Waals surface area contributed by atoms with E-state index in [2.05, 4.69) is 54.5 Å². The highest BCUT2D eigenvalue weighted by Gasteiger charge is 2.66. The molecule has 0 aliphatic heterocycles. The van der Waals surface area contributed by atoms with Gasteiger partial charge in [0.05, 0.1) is 0 Å². The second-order valence-corrected chi connectivity index (χ2v) is 13.7.